The van der Waals surface area contributed by atoms with Gasteiger partial charge in [0.15, 0.2) is 9.84 Å². The normalized spacial score (nSPS) is 22.9. The molecule has 1 aliphatic carbocycles. The van der Waals surface area contributed by atoms with E-state index in [1.165, 1.54) is 6.26 Å². The summed E-state index contributed by atoms with van der Waals surface area (Å²) in [6, 6.07) is 5.36. The molecular weight excluding hydrogens is 278 g/mol. The monoisotopic (exact) mass is 295 g/mol. The Hall–Kier alpha value is -1.60. The van der Waals surface area contributed by atoms with Crippen LogP contribution < -0.4 is 5.73 Å². The zero-order valence-corrected chi connectivity index (χ0v) is 12.2. The van der Waals surface area contributed by atoms with Gasteiger partial charge in [0, 0.05) is 19.4 Å². The average molecular weight is 295 g/mol. The number of fused-ring (bicyclic) bond motifs is 1. The number of nitrogens with zero attached hydrogens (tertiary/aromatic N) is 2. The molecular formula is C13H17N3O3S. The van der Waals surface area contributed by atoms with Crippen molar-refractivity contribution in [3.05, 3.63) is 18.2 Å². The molecule has 3 rings (SSSR count). The number of methoxy groups -OCH3 is 1. The van der Waals surface area contributed by atoms with Gasteiger partial charge in [-0.05, 0) is 25.0 Å². The minimum atomic E-state index is -3.32. The number of ether oxygens (including phenoxy) is 1. The lowest BCUT2D eigenvalue weighted by atomic mass is 9.89. The summed E-state index contributed by atoms with van der Waals surface area (Å²) in [5.74, 6) is 0.357. The summed E-state index contributed by atoms with van der Waals surface area (Å²) in [6.07, 6.45) is 3.17. The SMILES string of the molecule is COC1CC(n2c(N)nc3c(S(C)(=O)=O)cccc32)C1. The van der Waals surface area contributed by atoms with Crippen molar-refractivity contribution in [2.45, 2.75) is 29.9 Å². The molecule has 0 spiro atoms. The van der Waals surface area contributed by atoms with Crippen molar-refractivity contribution >= 4 is 26.8 Å². The van der Waals surface area contributed by atoms with Gasteiger partial charge in [-0.25, -0.2) is 13.4 Å². The Kier molecular flexibility index (Phi) is 2.98. The number of hydrogen-bond acceptors (Lipinski definition) is 5. The first kappa shape index (κ1) is 13.4. The molecule has 108 valence electrons. The number of rotatable bonds is 3. The lowest BCUT2D eigenvalue weighted by molar-refractivity contribution is 0.00798. The molecule has 1 aliphatic rings. The predicted octanol–water partition coefficient (Wildman–Crippen LogP) is 1.37. The summed E-state index contributed by atoms with van der Waals surface area (Å²) >= 11 is 0. The van der Waals surface area contributed by atoms with Gasteiger partial charge in [-0.1, -0.05) is 6.07 Å². The number of aromatic nitrogens is 2. The molecule has 0 aliphatic heterocycles. The summed E-state index contributed by atoms with van der Waals surface area (Å²) in [5.41, 5.74) is 7.20. The van der Waals surface area contributed by atoms with Crippen molar-refractivity contribution in [1.82, 2.24) is 9.55 Å². The second-order valence-electron chi connectivity index (χ2n) is 5.22. The van der Waals surface area contributed by atoms with Crippen molar-refractivity contribution in [3.8, 4) is 0 Å². The van der Waals surface area contributed by atoms with Crippen LogP contribution in [0.3, 0.4) is 0 Å². The lowest BCUT2D eigenvalue weighted by Crippen LogP contribution is -2.33. The van der Waals surface area contributed by atoms with Crippen LogP contribution >= 0.6 is 0 Å². The number of nitrogen functional groups attached to an aromatic ring is 1. The zero-order chi connectivity index (χ0) is 14.5. The van der Waals surface area contributed by atoms with E-state index < -0.39 is 9.84 Å². The van der Waals surface area contributed by atoms with E-state index in [1.807, 2.05) is 10.6 Å². The fourth-order valence-corrected chi connectivity index (χ4v) is 3.56. The second kappa shape index (κ2) is 4.46. The van der Waals surface area contributed by atoms with Crippen molar-refractivity contribution in [2.75, 3.05) is 19.1 Å². The van der Waals surface area contributed by atoms with Crippen LogP contribution in [0.25, 0.3) is 11.0 Å². The largest absolute Gasteiger partial charge is 0.381 e. The fraction of sp³-hybridized carbons (Fsp3) is 0.462. The molecule has 1 aromatic heterocycles. The number of para-hydroxylation sites is 1. The molecule has 0 saturated heterocycles. The van der Waals surface area contributed by atoms with Gasteiger partial charge in [-0.15, -0.1) is 0 Å². The van der Waals surface area contributed by atoms with Crippen LogP contribution in [0.2, 0.25) is 0 Å². The molecule has 6 nitrogen and oxygen atoms in total. The van der Waals surface area contributed by atoms with Crippen molar-refractivity contribution in [1.29, 1.82) is 0 Å². The van der Waals surface area contributed by atoms with Gasteiger partial charge in [-0.3, -0.25) is 0 Å². The Morgan fingerprint density at radius 1 is 1.40 bits per heavy atom. The van der Waals surface area contributed by atoms with Crippen LogP contribution in [0, 0.1) is 0 Å². The van der Waals surface area contributed by atoms with E-state index in [2.05, 4.69) is 4.98 Å². The van der Waals surface area contributed by atoms with Crippen LogP contribution in [-0.2, 0) is 14.6 Å². The number of benzene rings is 1. The van der Waals surface area contributed by atoms with Crippen LogP contribution in [0.4, 0.5) is 5.95 Å². The summed E-state index contributed by atoms with van der Waals surface area (Å²) in [5, 5.41) is 0. The molecule has 2 aromatic rings. The number of sulfone groups is 1. The minimum Gasteiger partial charge on any atom is -0.381 e. The number of nitrogens with two attached hydrogens (primary N) is 1. The third-order valence-electron chi connectivity index (χ3n) is 3.88. The molecule has 20 heavy (non-hydrogen) atoms. The maximum atomic E-state index is 11.8. The quantitative estimate of drug-likeness (QED) is 0.924. The number of imidazole rings is 1. The molecule has 2 N–H and O–H groups in total. The van der Waals surface area contributed by atoms with E-state index in [0.29, 0.717) is 11.5 Å². The van der Waals surface area contributed by atoms with E-state index in [0.717, 1.165) is 18.4 Å². The first-order valence-electron chi connectivity index (χ1n) is 6.41. The highest BCUT2D eigenvalue weighted by atomic mass is 32.2. The third kappa shape index (κ3) is 1.97. The molecule has 0 bridgehead atoms. The van der Waals surface area contributed by atoms with Gasteiger partial charge < -0.3 is 15.0 Å². The molecule has 1 fully saturated rings. The van der Waals surface area contributed by atoms with E-state index in [4.69, 9.17) is 10.5 Å². The number of hydrogen-bond donors (Lipinski definition) is 1. The van der Waals surface area contributed by atoms with Gasteiger partial charge in [0.25, 0.3) is 0 Å². The molecule has 1 aromatic carbocycles. The van der Waals surface area contributed by atoms with Crippen LogP contribution in [0.1, 0.15) is 18.9 Å². The Morgan fingerprint density at radius 3 is 2.70 bits per heavy atom. The Bertz CT molecular complexity index is 761. The zero-order valence-electron chi connectivity index (χ0n) is 11.4. The lowest BCUT2D eigenvalue weighted by Gasteiger charge is -2.35. The highest BCUT2D eigenvalue weighted by Crippen LogP contribution is 2.39. The molecule has 7 heteroatoms. The molecule has 0 radical (unpaired) electrons. The average Bonchev–Trinajstić information content (AvgIpc) is 2.63. The number of anilines is 1. The highest BCUT2D eigenvalue weighted by Gasteiger charge is 2.33. The summed E-state index contributed by atoms with van der Waals surface area (Å²) in [6.45, 7) is 0. The molecule has 1 heterocycles. The Balaban J connectivity index is 2.14. The molecule has 0 amide bonds. The van der Waals surface area contributed by atoms with Gasteiger partial charge in [0.2, 0.25) is 5.95 Å². The van der Waals surface area contributed by atoms with Gasteiger partial charge in [-0.2, -0.15) is 0 Å². The summed E-state index contributed by atoms with van der Waals surface area (Å²) in [4.78, 5) is 4.48. The molecule has 1 saturated carbocycles. The van der Waals surface area contributed by atoms with Crippen molar-refractivity contribution in [2.24, 2.45) is 0 Å². The van der Waals surface area contributed by atoms with Crippen LogP contribution in [0.5, 0.6) is 0 Å². The topological polar surface area (TPSA) is 87.2 Å². The van der Waals surface area contributed by atoms with Crippen LogP contribution in [-0.4, -0.2) is 37.4 Å². The molecule has 0 unspecified atom stereocenters. The minimum absolute atomic E-state index is 0.222. The van der Waals surface area contributed by atoms with Gasteiger partial charge in [0.05, 0.1) is 16.5 Å². The van der Waals surface area contributed by atoms with E-state index in [1.54, 1.807) is 19.2 Å². The van der Waals surface area contributed by atoms with Crippen molar-refractivity contribution < 1.29 is 13.2 Å². The second-order valence-corrected chi connectivity index (χ2v) is 7.20. The fourth-order valence-electron chi connectivity index (χ4n) is 2.73. The summed E-state index contributed by atoms with van der Waals surface area (Å²) < 4.78 is 30.8. The van der Waals surface area contributed by atoms with Gasteiger partial charge in [0.1, 0.15) is 5.52 Å². The van der Waals surface area contributed by atoms with Crippen LogP contribution in [0.15, 0.2) is 23.1 Å². The first-order valence-corrected chi connectivity index (χ1v) is 8.30. The van der Waals surface area contributed by atoms with E-state index in [9.17, 15) is 8.42 Å². The third-order valence-corrected chi connectivity index (χ3v) is 5.01. The standard InChI is InChI=1S/C13H17N3O3S/c1-19-9-6-8(7-9)16-10-4-3-5-11(20(2,17)18)12(10)15-13(16)14/h3-5,8-9H,6-7H2,1-2H3,(H2,14,15). The van der Waals surface area contributed by atoms with Crippen molar-refractivity contribution in [3.63, 3.8) is 0 Å². The van der Waals surface area contributed by atoms with E-state index >= 15 is 0 Å². The first-order chi connectivity index (χ1) is 9.41. The molecule has 0 atom stereocenters. The maximum Gasteiger partial charge on any atom is 0.201 e. The van der Waals surface area contributed by atoms with Gasteiger partial charge >= 0.3 is 0 Å². The predicted molar refractivity (Wildman–Crippen MR) is 76.3 cm³/mol. The maximum absolute atomic E-state index is 11.8. The smallest absolute Gasteiger partial charge is 0.201 e. The highest BCUT2D eigenvalue weighted by molar-refractivity contribution is 7.91. The van der Waals surface area contributed by atoms with E-state index in [-0.39, 0.29) is 17.0 Å². The Labute approximate surface area is 117 Å². The Morgan fingerprint density at radius 2 is 2.10 bits per heavy atom. The summed E-state index contributed by atoms with van der Waals surface area (Å²) in [7, 11) is -1.63.